The van der Waals surface area contributed by atoms with Crippen molar-refractivity contribution in [2.75, 3.05) is 0 Å². The van der Waals surface area contributed by atoms with Crippen LogP contribution in [0.1, 0.15) is 0 Å². The standard InChI is InChI=1S/C8H6N4O3S/c13-16(14,15)8-11-2-1-6(12-8)7-5-9-3-4-10-7/h1-5H,(H,13,14,15). The van der Waals surface area contributed by atoms with Crippen LogP contribution in [0.5, 0.6) is 0 Å². The fourth-order valence-corrected chi connectivity index (χ4v) is 1.45. The van der Waals surface area contributed by atoms with E-state index in [0.29, 0.717) is 5.69 Å². The van der Waals surface area contributed by atoms with Gasteiger partial charge in [-0.1, -0.05) is 0 Å². The number of aromatic nitrogens is 4. The van der Waals surface area contributed by atoms with Gasteiger partial charge in [0.15, 0.2) is 0 Å². The minimum Gasteiger partial charge on any atom is -0.279 e. The topological polar surface area (TPSA) is 106 Å². The third kappa shape index (κ3) is 2.18. The van der Waals surface area contributed by atoms with Crippen LogP contribution in [0.15, 0.2) is 36.0 Å². The molecule has 0 amide bonds. The average Bonchev–Trinajstić information content (AvgIpc) is 2.29. The van der Waals surface area contributed by atoms with Crippen LogP contribution < -0.4 is 0 Å². The van der Waals surface area contributed by atoms with Gasteiger partial charge in [0.05, 0.1) is 11.9 Å². The molecule has 0 aliphatic rings. The van der Waals surface area contributed by atoms with E-state index in [9.17, 15) is 8.42 Å². The van der Waals surface area contributed by atoms with Gasteiger partial charge < -0.3 is 0 Å². The van der Waals surface area contributed by atoms with E-state index >= 15 is 0 Å². The zero-order chi connectivity index (χ0) is 11.6. The first-order chi connectivity index (χ1) is 7.57. The SMILES string of the molecule is O=S(=O)(O)c1nccc(-c2cnccn2)n1. The second-order valence-electron chi connectivity index (χ2n) is 2.79. The summed E-state index contributed by atoms with van der Waals surface area (Å²) in [5.41, 5.74) is 0.672. The second kappa shape index (κ2) is 3.91. The molecular weight excluding hydrogens is 232 g/mol. The van der Waals surface area contributed by atoms with Crippen LogP contribution in [0.3, 0.4) is 0 Å². The molecule has 0 saturated carbocycles. The fourth-order valence-electron chi connectivity index (χ4n) is 1.04. The van der Waals surface area contributed by atoms with E-state index in [1.807, 2.05) is 0 Å². The Hall–Kier alpha value is -1.93. The normalized spacial score (nSPS) is 11.3. The lowest BCUT2D eigenvalue weighted by molar-refractivity contribution is 0.474. The van der Waals surface area contributed by atoms with E-state index in [0.717, 1.165) is 0 Å². The molecule has 0 spiro atoms. The molecule has 0 fully saturated rings. The van der Waals surface area contributed by atoms with Crippen molar-refractivity contribution in [2.24, 2.45) is 0 Å². The Balaban J connectivity index is 2.53. The molecular formula is C8H6N4O3S. The van der Waals surface area contributed by atoms with Gasteiger partial charge in [0.25, 0.3) is 5.16 Å². The molecule has 2 heterocycles. The number of hydrogen-bond donors (Lipinski definition) is 1. The quantitative estimate of drug-likeness (QED) is 0.587. The smallest absolute Gasteiger partial charge is 0.279 e. The number of rotatable bonds is 2. The molecule has 0 aliphatic heterocycles. The Morgan fingerprint density at radius 1 is 1.06 bits per heavy atom. The van der Waals surface area contributed by atoms with E-state index in [1.54, 1.807) is 0 Å². The zero-order valence-electron chi connectivity index (χ0n) is 7.85. The minimum atomic E-state index is -4.40. The maximum atomic E-state index is 10.8. The highest BCUT2D eigenvalue weighted by atomic mass is 32.2. The molecule has 1 N–H and O–H groups in total. The van der Waals surface area contributed by atoms with Crippen molar-refractivity contribution in [3.8, 4) is 11.4 Å². The van der Waals surface area contributed by atoms with Crippen LogP contribution in [0, 0.1) is 0 Å². The van der Waals surface area contributed by atoms with Crippen molar-refractivity contribution in [1.29, 1.82) is 0 Å². The minimum absolute atomic E-state index is 0.274. The molecule has 0 bridgehead atoms. The molecule has 0 atom stereocenters. The maximum Gasteiger partial charge on any atom is 0.330 e. The highest BCUT2D eigenvalue weighted by Crippen LogP contribution is 2.12. The summed E-state index contributed by atoms with van der Waals surface area (Å²) in [6, 6.07) is 1.47. The van der Waals surface area contributed by atoms with Crippen LogP contribution in [-0.2, 0) is 10.1 Å². The largest absolute Gasteiger partial charge is 0.330 e. The zero-order valence-corrected chi connectivity index (χ0v) is 8.66. The van der Waals surface area contributed by atoms with Crippen LogP contribution in [0.2, 0.25) is 0 Å². The third-order valence-electron chi connectivity index (χ3n) is 1.69. The number of nitrogens with zero attached hydrogens (tertiary/aromatic N) is 4. The van der Waals surface area contributed by atoms with Gasteiger partial charge in [0.2, 0.25) is 0 Å². The van der Waals surface area contributed by atoms with Gasteiger partial charge in [-0.3, -0.25) is 14.5 Å². The first kappa shape index (κ1) is 10.6. The Labute approximate surface area is 91.0 Å². The summed E-state index contributed by atoms with van der Waals surface area (Å²) in [5, 5.41) is -0.657. The average molecular weight is 238 g/mol. The predicted molar refractivity (Wildman–Crippen MR) is 52.9 cm³/mol. The highest BCUT2D eigenvalue weighted by molar-refractivity contribution is 7.85. The van der Waals surface area contributed by atoms with Gasteiger partial charge in [-0.25, -0.2) is 9.97 Å². The summed E-state index contributed by atoms with van der Waals surface area (Å²) in [5.74, 6) is 0. The Bertz CT molecular complexity index is 600. The fraction of sp³-hybridized carbons (Fsp3) is 0. The molecule has 2 rings (SSSR count). The first-order valence-corrected chi connectivity index (χ1v) is 5.58. The van der Waals surface area contributed by atoms with Gasteiger partial charge in [0.1, 0.15) is 5.69 Å². The lowest BCUT2D eigenvalue weighted by atomic mass is 10.3. The van der Waals surface area contributed by atoms with Crippen molar-refractivity contribution in [2.45, 2.75) is 5.16 Å². The first-order valence-electron chi connectivity index (χ1n) is 4.14. The van der Waals surface area contributed by atoms with Crippen molar-refractivity contribution < 1.29 is 13.0 Å². The monoisotopic (exact) mass is 238 g/mol. The lowest BCUT2D eigenvalue weighted by Gasteiger charge is -1.99. The van der Waals surface area contributed by atoms with Crippen LogP contribution in [-0.4, -0.2) is 32.9 Å². The molecule has 7 nitrogen and oxygen atoms in total. The highest BCUT2D eigenvalue weighted by Gasteiger charge is 2.14. The van der Waals surface area contributed by atoms with E-state index in [-0.39, 0.29) is 5.69 Å². The van der Waals surface area contributed by atoms with Crippen LogP contribution in [0.25, 0.3) is 11.4 Å². The molecule has 2 aromatic rings. The molecule has 0 unspecified atom stereocenters. The third-order valence-corrected chi connectivity index (χ3v) is 2.35. The van der Waals surface area contributed by atoms with Gasteiger partial charge in [-0.15, -0.1) is 0 Å². The van der Waals surface area contributed by atoms with Gasteiger partial charge in [0, 0.05) is 18.6 Å². The van der Waals surface area contributed by atoms with Crippen molar-refractivity contribution in [3.63, 3.8) is 0 Å². The Morgan fingerprint density at radius 2 is 1.88 bits per heavy atom. The summed E-state index contributed by atoms with van der Waals surface area (Å²) in [4.78, 5) is 14.9. The Morgan fingerprint density at radius 3 is 2.50 bits per heavy atom. The van der Waals surface area contributed by atoms with Crippen LogP contribution in [0.4, 0.5) is 0 Å². The predicted octanol–water partition coefficient (Wildman–Crippen LogP) is 0.180. The molecule has 0 saturated heterocycles. The van der Waals surface area contributed by atoms with Crippen molar-refractivity contribution in [3.05, 3.63) is 30.9 Å². The molecule has 8 heteroatoms. The van der Waals surface area contributed by atoms with E-state index < -0.39 is 15.3 Å². The summed E-state index contributed by atoms with van der Waals surface area (Å²) in [7, 11) is -4.40. The molecule has 2 aromatic heterocycles. The van der Waals surface area contributed by atoms with E-state index in [2.05, 4.69) is 19.9 Å². The van der Waals surface area contributed by atoms with Crippen molar-refractivity contribution >= 4 is 10.1 Å². The van der Waals surface area contributed by atoms with Gasteiger partial charge >= 0.3 is 10.1 Å². The Kier molecular flexibility index (Phi) is 2.59. The second-order valence-corrected chi connectivity index (χ2v) is 4.11. The van der Waals surface area contributed by atoms with Gasteiger partial charge in [-0.2, -0.15) is 8.42 Å². The van der Waals surface area contributed by atoms with Crippen molar-refractivity contribution in [1.82, 2.24) is 19.9 Å². The summed E-state index contributed by atoms with van der Waals surface area (Å²) < 4.78 is 30.4. The molecule has 82 valence electrons. The maximum absolute atomic E-state index is 10.8. The van der Waals surface area contributed by atoms with E-state index in [1.165, 1.54) is 30.9 Å². The summed E-state index contributed by atoms with van der Waals surface area (Å²) >= 11 is 0. The van der Waals surface area contributed by atoms with E-state index in [4.69, 9.17) is 4.55 Å². The number of hydrogen-bond acceptors (Lipinski definition) is 6. The summed E-state index contributed by atoms with van der Waals surface area (Å²) in [6.45, 7) is 0. The molecule has 0 aliphatic carbocycles. The molecule has 0 radical (unpaired) electrons. The molecule has 16 heavy (non-hydrogen) atoms. The molecule has 0 aromatic carbocycles. The summed E-state index contributed by atoms with van der Waals surface area (Å²) in [6.07, 6.45) is 5.58. The van der Waals surface area contributed by atoms with Crippen LogP contribution >= 0.6 is 0 Å². The lowest BCUT2D eigenvalue weighted by Crippen LogP contribution is -2.05. The van der Waals surface area contributed by atoms with Gasteiger partial charge in [-0.05, 0) is 6.07 Å².